The highest BCUT2D eigenvalue weighted by Crippen LogP contribution is 2.27. The Labute approximate surface area is 176 Å². The minimum Gasteiger partial charge on any atom is -0.469 e. The lowest BCUT2D eigenvalue weighted by Crippen LogP contribution is -2.28. The van der Waals surface area contributed by atoms with Crippen LogP contribution in [0.25, 0.3) is 0 Å². The zero-order valence-electron chi connectivity index (χ0n) is 18.9. The predicted octanol–water partition coefficient (Wildman–Crippen LogP) is 3.75. The maximum Gasteiger partial charge on any atom is 0.308 e. The average Bonchev–Trinajstić information content (AvgIpc) is 2.66. The molecule has 7 heteroatoms. The molecular formula is C22H39NO6. The summed E-state index contributed by atoms with van der Waals surface area (Å²) < 4.78 is 20.9. The molecule has 168 valence electrons. The van der Waals surface area contributed by atoms with Gasteiger partial charge in [0.2, 0.25) is 0 Å². The van der Waals surface area contributed by atoms with Crippen LogP contribution in [0.2, 0.25) is 0 Å². The molecule has 0 aromatic heterocycles. The lowest BCUT2D eigenvalue weighted by molar-refractivity contribution is -0.152. The topological polar surface area (TPSA) is 94.8 Å². The molecule has 0 aromatic carbocycles. The number of rotatable bonds is 17. The monoisotopic (exact) mass is 413 g/mol. The second-order valence-electron chi connectivity index (χ2n) is 8.10. The summed E-state index contributed by atoms with van der Waals surface area (Å²) in [7, 11) is 2.98. The predicted molar refractivity (Wildman–Crippen MR) is 110 cm³/mol. The maximum atomic E-state index is 11.8. The number of Topliss-reactive ketones (excluding diaryl/α,β-unsaturated/α-hetero) is 1. The highest BCUT2D eigenvalue weighted by molar-refractivity contribution is 5.82. The minimum absolute atomic E-state index is 0.0142. The van der Waals surface area contributed by atoms with Gasteiger partial charge in [0.15, 0.2) is 0 Å². The number of methoxy groups -OCH3 is 2. The molecule has 0 rings (SSSR count). The smallest absolute Gasteiger partial charge is 0.308 e. The van der Waals surface area contributed by atoms with E-state index in [0.29, 0.717) is 25.0 Å². The molecule has 0 aliphatic rings. The number of hydrogen-bond acceptors (Lipinski definition) is 7. The lowest BCUT2D eigenvalue weighted by Gasteiger charge is -2.27. The normalized spacial score (nSPS) is 16.3. The second-order valence-corrected chi connectivity index (χ2v) is 8.10. The lowest BCUT2D eigenvalue weighted by atomic mass is 9.83. The summed E-state index contributed by atoms with van der Waals surface area (Å²) in [5.41, 5.74) is 0. The highest BCUT2D eigenvalue weighted by Gasteiger charge is 2.25. The van der Waals surface area contributed by atoms with Gasteiger partial charge >= 0.3 is 5.97 Å². The number of ketones is 1. The van der Waals surface area contributed by atoms with Crippen LogP contribution in [0.3, 0.4) is 0 Å². The average molecular weight is 414 g/mol. The number of carbonyl (C=O) groups excluding carboxylic acids is 2. The van der Waals surface area contributed by atoms with Crippen molar-refractivity contribution in [2.24, 2.45) is 23.7 Å². The van der Waals surface area contributed by atoms with Crippen LogP contribution >= 0.6 is 0 Å². The van der Waals surface area contributed by atoms with Crippen LogP contribution in [-0.2, 0) is 28.5 Å². The van der Waals surface area contributed by atoms with E-state index in [1.165, 1.54) is 7.11 Å². The maximum absolute atomic E-state index is 11.8. The molecule has 5 atom stereocenters. The van der Waals surface area contributed by atoms with E-state index in [2.05, 4.69) is 20.8 Å². The Balaban J connectivity index is 4.55. The van der Waals surface area contributed by atoms with Gasteiger partial charge in [-0.3, -0.25) is 9.59 Å². The van der Waals surface area contributed by atoms with Crippen LogP contribution in [0.4, 0.5) is 0 Å². The fraction of sp³-hybridized carbons (Fsp3) is 0.864. The first-order valence-corrected chi connectivity index (χ1v) is 10.4. The van der Waals surface area contributed by atoms with Crippen LogP contribution in [0.5, 0.6) is 0 Å². The molecule has 0 saturated carbocycles. The number of carbonyl (C=O) groups is 2. The quantitative estimate of drug-likeness (QED) is 0.204. The van der Waals surface area contributed by atoms with Gasteiger partial charge < -0.3 is 18.9 Å². The van der Waals surface area contributed by atoms with E-state index in [1.807, 2.05) is 13.0 Å². The first kappa shape index (κ1) is 27.5. The Morgan fingerprint density at radius 1 is 0.966 bits per heavy atom. The van der Waals surface area contributed by atoms with Gasteiger partial charge in [-0.1, -0.05) is 27.7 Å². The van der Waals surface area contributed by atoms with E-state index in [0.717, 1.165) is 19.3 Å². The molecule has 0 N–H and O–H groups in total. The summed E-state index contributed by atoms with van der Waals surface area (Å²) in [6, 6.07) is 1.93. The molecular weight excluding hydrogens is 374 g/mol. The molecule has 0 heterocycles. The number of nitrogens with zero attached hydrogens (tertiary/aromatic N) is 1. The van der Waals surface area contributed by atoms with Crippen molar-refractivity contribution in [3.8, 4) is 6.07 Å². The molecule has 0 radical (unpaired) electrons. The third-order valence-electron chi connectivity index (χ3n) is 5.17. The van der Waals surface area contributed by atoms with Crippen molar-refractivity contribution < 1.29 is 28.5 Å². The van der Waals surface area contributed by atoms with Crippen LogP contribution in [-0.4, -0.2) is 52.1 Å². The van der Waals surface area contributed by atoms with Crippen molar-refractivity contribution in [3.05, 3.63) is 0 Å². The van der Waals surface area contributed by atoms with E-state index in [4.69, 9.17) is 24.2 Å². The number of hydrogen-bond donors (Lipinski definition) is 0. The van der Waals surface area contributed by atoms with Gasteiger partial charge in [-0.25, -0.2) is 0 Å². The van der Waals surface area contributed by atoms with Gasteiger partial charge in [0.25, 0.3) is 0 Å². The molecule has 0 bridgehead atoms. The molecule has 0 aliphatic carbocycles. The first-order chi connectivity index (χ1) is 13.7. The highest BCUT2D eigenvalue weighted by atomic mass is 16.7. The third-order valence-corrected chi connectivity index (χ3v) is 5.17. The SMILES string of the molecule is COCCOCO[C@@H](CC(=O)OC)[C@@H](C)C[C@@H](C)C[C@@H](C)C[C@H](C)C(=O)CC#N. The van der Waals surface area contributed by atoms with E-state index >= 15 is 0 Å². The van der Waals surface area contributed by atoms with Crippen LogP contribution < -0.4 is 0 Å². The molecule has 0 unspecified atom stereocenters. The zero-order chi connectivity index (χ0) is 22.2. The van der Waals surface area contributed by atoms with Crippen molar-refractivity contribution in [1.29, 1.82) is 5.26 Å². The van der Waals surface area contributed by atoms with Crippen LogP contribution in [0, 0.1) is 35.0 Å². The largest absolute Gasteiger partial charge is 0.469 e. The van der Waals surface area contributed by atoms with Crippen LogP contribution in [0.1, 0.15) is 59.8 Å². The summed E-state index contributed by atoms with van der Waals surface area (Å²) >= 11 is 0. The van der Waals surface area contributed by atoms with Crippen molar-refractivity contribution in [2.45, 2.75) is 65.9 Å². The second kappa shape index (κ2) is 16.3. The molecule has 0 saturated heterocycles. The number of esters is 1. The Bertz CT molecular complexity index is 504. The van der Waals surface area contributed by atoms with Crippen molar-refractivity contribution in [2.75, 3.05) is 34.2 Å². The molecule has 7 nitrogen and oxygen atoms in total. The molecule has 0 spiro atoms. The molecule has 0 aromatic rings. The molecule has 29 heavy (non-hydrogen) atoms. The molecule has 0 fully saturated rings. The van der Waals surface area contributed by atoms with Gasteiger partial charge in [0, 0.05) is 13.0 Å². The van der Waals surface area contributed by atoms with E-state index in [9.17, 15) is 9.59 Å². The van der Waals surface area contributed by atoms with Gasteiger partial charge in [-0.05, 0) is 37.0 Å². The van der Waals surface area contributed by atoms with E-state index in [-0.39, 0.29) is 49.3 Å². The summed E-state index contributed by atoms with van der Waals surface area (Å²) in [6.07, 6.45) is 2.55. The van der Waals surface area contributed by atoms with Gasteiger partial charge in [-0.15, -0.1) is 0 Å². The van der Waals surface area contributed by atoms with E-state index < -0.39 is 0 Å². The Kier molecular flexibility index (Phi) is 15.5. The fourth-order valence-electron chi connectivity index (χ4n) is 3.66. The fourth-order valence-corrected chi connectivity index (χ4v) is 3.66. The summed E-state index contributed by atoms with van der Waals surface area (Å²) in [5, 5.41) is 8.67. The Morgan fingerprint density at radius 2 is 1.62 bits per heavy atom. The van der Waals surface area contributed by atoms with Crippen molar-refractivity contribution >= 4 is 11.8 Å². The third kappa shape index (κ3) is 13.4. The minimum atomic E-state index is -0.301. The zero-order valence-corrected chi connectivity index (χ0v) is 18.9. The van der Waals surface area contributed by atoms with E-state index in [1.54, 1.807) is 7.11 Å². The van der Waals surface area contributed by atoms with Gasteiger partial charge in [0.05, 0.1) is 45.3 Å². The van der Waals surface area contributed by atoms with Gasteiger partial charge in [0.1, 0.15) is 12.6 Å². The molecule has 0 amide bonds. The summed E-state index contributed by atoms with van der Waals surface area (Å²) in [5.74, 6) is 0.572. The summed E-state index contributed by atoms with van der Waals surface area (Å²) in [6.45, 7) is 9.33. The van der Waals surface area contributed by atoms with Crippen LogP contribution in [0.15, 0.2) is 0 Å². The standard InChI is InChI=1S/C22H39NO6/c1-16(12-18(3)20(24)7-8-23)11-17(2)13-19(4)21(14-22(25)27-6)29-15-28-10-9-26-5/h16-19,21H,7,9-15H2,1-6H3/t16-,17+,18+,19+,21+/m1/s1. The summed E-state index contributed by atoms with van der Waals surface area (Å²) in [4.78, 5) is 23.6. The van der Waals surface area contributed by atoms with Crippen molar-refractivity contribution in [1.82, 2.24) is 0 Å². The van der Waals surface area contributed by atoms with Crippen molar-refractivity contribution in [3.63, 3.8) is 0 Å². The number of nitriles is 1. The Hall–Kier alpha value is -1.49. The molecule has 0 aliphatic heterocycles. The first-order valence-electron chi connectivity index (χ1n) is 10.4. The number of ether oxygens (including phenoxy) is 4. The van der Waals surface area contributed by atoms with Gasteiger partial charge in [-0.2, -0.15) is 5.26 Å². The Morgan fingerprint density at radius 3 is 2.21 bits per heavy atom.